The summed E-state index contributed by atoms with van der Waals surface area (Å²) in [6, 6.07) is 6.83. The maximum absolute atomic E-state index is 12.8. The molecule has 3 rings (SSSR count). The molecule has 1 saturated heterocycles. The summed E-state index contributed by atoms with van der Waals surface area (Å²) >= 11 is 1.32. The van der Waals surface area contributed by atoms with Gasteiger partial charge in [0.05, 0.1) is 6.26 Å². The Labute approximate surface area is 145 Å². The molecule has 1 aliphatic rings. The van der Waals surface area contributed by atoms with Crippen molar-refractivity contribution in [3.8, 4) is 0 Å². The third kappa shape index (κ3) is 3.40. The number of hydrogen-bond donors (Lipinski definition) is 0. The highest BCUT2D eigenvalue weighted by Crippen LogP contribution is 2.26. The van der Waals surface area contributed by atoms with Crippen LogP contribution < -0.4 is 0 Å². The maximum atomic E-state index is 12.8. The summed E-state index contributed by atoms with van der Waals surface area (Å²) in [6.45, 7) is 3.62. The second-order valence-electron chi connectivity index (χ2n) is 5.60. The number of aryl methyl sites for hydroxylation is 1. The fraction of sp³-hybridized carbons (Fsp3) is 0.438. The molecule has 1 fully saturated rings. The molecule has 0 unspecified atom stereocenters. The van der Waals surface area contributed by atoms with Gasteiger partial charge in [-0.3, -0.25) is 4.79 Å². The first kappa shape index (κ1) is 17.2. The third-order valence-electron chi connectivity index (χ3n) is 4.05. The van der Waals surface area contributed by atoms with Crippen LogP contribution in [0.5, 0.6) is 0 Å². The standard InChI is InChI=1S/C16H20N2O4S2/c1-2-13-6-7-15(23-13)24(20,21)18-9-4-8-17(10-11-18)16(19)14-5-3-12-22-14/h3,5-7,12H,2,4,8-11H2,1H3. The Morgan fingerprint density at radius 1 is 1.21 bits per heavy atom. The normalized spacial score (nSPS) is 17.0. The van der Waals surface area contributed by atoms with Crippen molar-refractivity contribution in [2.24, 2.45) is 0 Å². The van der Waals surface area contributed by atoms with E-state index in [4.69, 9.17) is 4.42 Å². The highest BCUT2D eigenvalue weighted by Gasteiger charge is 2.30. The van der Waals surface area contributed by atoms with E-state index in [0.29, 0.717) is 36.8 Å². The van der Waals surface area contributed by atoms with Crippen LogP contribution >= 0.6 is 11.3 Å². The van der Waals surface area contributed by atoms with Crippen molar-refractivity contribution in [2.45, 2.75) is 24.0 Å². The van der Waals surface area contributed by atoms with E-state index in [-0.39, 0.29) is 11.7 Å². The number of rotatable bonds is 4. The molecule has 130 valence electrons. The van der Waals surface area contributed by atoms with E-state index in [0.717, 1.165) is 11.3 Å². The summed E-state index contributed by atoms with van der Waals surface area (Å²) in [4.78, 5) is 15.1. The van der Waals surface area contributed by atoms with Crippen LogP contribution in [0.3, 0.4) is 0 Å². The van der Waals surface area contributed by atoms with E-state index in [9.17, 15) is 13.2 Å². The molecule has 0 spiro atoms. The van der Waals surface area contributed by atoms with Crippen molar-refractivity contribution >= 4 is 27.3 Å². The molecule has 0 aliphatic carbocycles. The van der Waals surface area contributed by atoms with Gasteiger partial charge in [-0.15, -0.1) is 11.3 Å². The number of nitrogens with zero attached hydrogens (tertiary/aromatic N) is 2. The van der Waals surface area contributed by atoms with Gasteiger partial charge in [0.1, 0.15) is 4.21 Å². The molecule has 2 aromatic heterocycles. The first-order valence-electron chi connectivity index (χ1n) is 7.94. The smallest absolute Gasteiger partial charge is 0.289 e. The fourth-order valence-electron chi connectivity index (χ4n) is 2.71. The van der Waals surface area contributed by atoms with Crippen molar-refractivity contribution in [3.05, 3.63) is 41.2 Å². The number of sulfonamides is 1. The molecule has 0 bridgehead atoms. The van der Waals surface area contributed by atoms with Crippen LogP contribution in [0, 0.1) is 0 Å². The largest absolute Gasteiger partial charge is 0.459 e. The van der Waals surface area contributed by atoms with Crippen LogP contribution in [0.25, 0.3) is 0 Å². The topological polar surface area (TPSA) is 70.8 Å². The van der Waals surface area contributed by atoms with Gasteiger partial charge in [0.15, 0.2) is 5.76 Å². The SMILES string of the molecule is CCc1ccc(S(=O)(=O)N2CCCN(C(=O)c3ccco3)CC2)s1. The molecule has 1 amide bonds. The van der Waals surface area contributed by atoms with Crippen molar-refractivity contribution < 1.29 is 17.6 Å². The van der Waals surface area contributed by atoms with Crippen molar-refractivity contribution in [3.63, 3.8) is 0 Å². The zero-order valence-corrected chi connectivity index (χ0v) is 15.1. The van der Waals surface area contributed by atoms with Gasteiger partial charge in [-0.25, -0.2) is 8.42 Å². The predicted octanol–water partition coefficient (Wildman–Crippen LogP) is 2.44. The molecule has 2 aromatic rings. The van der Waals surface area contributed by atoms with E-state index >= 15 is 0 Å². The molecule has 0 radical (unpaired) electrons. The van der Waals surface area contributed by atoms with E-state index in [1.807, 2.05) is 13.0 Å². The van der Waals surface area contributed by atoms with Crippen LogP contribution in [0.1, 0.15) is 28.8 Å². The first-order chi connectivity index (χ1) is 11.5. The Morgan fingerprint density at radius 3 is 2.71 bits per heavy atom. The molecule has 24 heavy (non-hydrogen) atoms. The van der Waals surface area contributed by atoms with Crippen LogP contribution in [0.15, 0.2) is 39.2 Å². The van der Waals surface area contributed by atoms with Crippen molar-refractivity contribution in [2.75, 3.05) is 26.2 Å². The summed E-state index contributed by atoms with van der Waals surface area (Å²) in [7, 11) is -3.49. The van der Waals surface area contributed by atoms with E-state index < -0.39 is 10.0 Å². The number of carbonyl (C=O) groups excluding carboxylic acids is 1. The quantitative estimate of drug-likeness (QED) is 0.831. The lowest BCUT2D eigenvalue weighted by atomic mass is 10.3. The average molecular weight is 368 g/mol. The molecule has 0 aromatic carbocycles. The van der Waals surface area contributed by atoms with Gasteiger partial charge >= 0.3 is 0 Å². The van der Waals surface area contributed by atoms with Crippen LogP contribution in [-0.4, -0.2) is 49.7 Å². The predicted molar refractivity (Wildman–Crippen MR) is 91.7 cm³/mol. The third-order valence-corrected chi connectivity index (χ3v) is 7.65. The lowest BCUT2D eigenvalue weighted by Gasteiger charge is -2.20. The van der Waals surface area contributed by atoms with Crippen LogP contribution in [0.4, 0.5) is 0 Å². The second-order valence-corrected chi connectivity index (χ2v) is 8.93. The minimum Gasteiger partial charge on any atom is -0.459 e. The van der Waals surface area contributed by atoms with E-state index in [2.05, 4.69) is 0 Å². The molecule has 6 nitrogen and oxygen atoms in total. The summed E-state index contributed by atoms with van der Waals surface area (Å²) < 4.78 is 32.6. The lowest BCUT2D eigenvalue weighted by molar-refractivity contribution is 0.0732. The van der Waals surface area contributed by atoms with Crippen molar-refractivity contribution in [1.29, 1.82) is 0 Å². The average Bonchev–Trinajstić information content (AvgIpc) is 3.21. The van der Waals surface area contributed by atoms with Gasteiger partial charge in [-0.2, -0.15) is 4.31 Å². The Morgan fingerprint density at radius 2 is 2.04 bits per heavy atom. The summed E-state index contributed by atoms with van der Waals surface area (Å²) in [5.41, 5.74) is 0. The molecular weight excluding hydrogens is 348 g/mol. The molecule has 0 atom stereocenters. The molecule has 1 aliphatic heterocycles. The van der Waals surface area contributed by atoms with Gasteiger partial charge in [-0.05, 0) is 37.1 Å². The summed E-state index contributed by atoms with van der Waals surface area (Å²) in [5, 5.41) is 0. The Kier molecular flexibility index (Phi) is 5.07. The van der Waals surface area contributed by atoms with Crippen LogP contribution in [0.2, 0.25) is 0 Å². The fourth-order valence-corrected chi connectivity index (χ4v) is 5.63. The number of thiophene rings is 1. The summed E-state index contributed by atoms with van der Waals surface area (Å²) in [6.07, 6.45) is 2.90. The lowest BCUT2D eigenvalue weighted by Crippen LogP contribution is -2.37. The number of furan rings is 1. The Bertz CT molecular complexity index is 796. The van der Waals surface area contributed by atoms with Crippen LogP contribution in [-0.2, 0) is 16.4 Å². The highest BCUT2D eigenvalue weighted by molar-refractivity contribution is 7.91. The monoisotopic (exact) mass is 368 g/mol. The molecule has 0 N–H and O–H groups in total. The van der Waals surface area contributed by atoms with Gasteiger partial charge < -0.3 is 9.32 Å². The zero-order valence-electron chi connectivity index (χ0n) is 13.5. The van der Waals surface area contributed by atoms with Gasteiger partial charge in [-0.1, -0.05) is 6.92 Å². The maximum Gasteiger partial charge on any atom is 0.289 e. The Balaban J connectivity index is 1.72. The minimum absolute atomic E-state index is 0.191. The van der Waals surface area contributed by atoms with Gasteiger partial charge in [0.25, 0.3) is 15.9 Å². The molecule has 8 heteroatoms. The molecule has 3 heterocycles. The Hall–Kier alpha value is -1.64. The zero-order chi connectivity index (χ0) is 17.2. The second kappa shape index (κ2) is 7.08. The van der Waals surface area contributed by atoms with E-state index in [1.54, 1.807) is 23.1 Å². The van der Waals surface area contributed by atoms with Gasteiger partial charge in [0.2, 0.25) is 0 Å². The number of hydrogen-bond acceptors (Lipinski definition) is 5. The number of amides is 1. The summed E-state index contributed by atoms with van der Waals surface area (Å²) in [5.74, 6) is 0.0980. The molecule has 0 saturated carbocycles. The first-order valence-corrected chi connectivity index (χ1v) is 10.2. The number of carbonyl (C=O) groups is 1. The highest BCUT2D eigenvalue weighted by atomic mass is 32.2. The van der Waals surface area contributed by atoms with Crippen molar-refractivity contribution in [1.82, 2.24) is 9.21 Å². The van der Waals surface area contributed by atoms with Gasteiger partial charge in [0, 0.05) is 31.1 Å². The molecular formula is C16H20N2O4S2. The minimum atomic E-state index is -3.49. The van der Waals surface area contributed by atoms with E-state index in [1.165, 1.54) is 21.9 Å².